The first kappa shape index (κ1) is 25.8. The molecule has 0 bridgehead atoms. The van der Waals surface area contributed by atoms with E-state index in [-0.39, 0.29) is 6.61 Å². The first-order valence-corrected chi connectivity index (χ1v) is 11.0. The summed E-state index contributed by atoms with van der Waals surface area (Å²) in [4.78, 5) is 16.5. The van der Waals surface area contributed by atoms with Crippen LogP contribution >= 0.6 is 0 Å². The third-order valence-corrected chi connectivity index (χ3v) is 4.39. The van der Waals surface area contributed by atoms with E-state index in [9.17, 15) is 9.90 Å². The number of guanidine groups is 1. The predicted molar refractivity (Wildman–Crippen MR) is 124 cm³/mol. The highest BCUT2D eigenvalue weighted by Gasteiger charge is 2.16. The minimum Gasteiger partial charge on any atom is -0.444 e. The van der Waals surface area contributed by atoms with E-state index >= 15 is 0 Å². The average molecular weight is 421 g/mol. The second kappa shape index (κ2) is 13.9. The fourth-order valence-electron chi connectivity index (χ4n) is 2.98. The maximum atomic E-state index is 11.8. The third kappa shape index (κ3) is 11.7. The van der Waals surface area contributed by atoms with Crippen LogP contribution in [0.15, 0.2) is 29.3 Å². The first-order chi connectivity index (χ1) is 14.3. The Balaban J connectivity index is 2.51. The molecule has 1 aromatic rings. The molecular formula is C23H40N4O3. The van der Waals surface area contributed by atoms with Crippen LogP contribution in [-0.2, 0) is 11.2 Å². The number of carbonyl (C=O) groups is 1. The van der Waals surface area contributed by atoms with Gasteiger partial charge in [-0.1, -0.05) is 25.5 Å². The second-order valence-electron chi connectivity index (χ2n) is 8.39. The Morgan fingerprint density at radius 1 is 1.13 bits per heavy atom. The van der Waals surface area contributed by atoms with Crippen molar-refractivity contribution < 1.29 is 14.6 Å². The molecule has 0 heterocycles. The highest BCUT2D eigenvalue weighted by atomic mass is 16.6. The Morgan fingerprint density at radius 2 is 1.83 bits per heavy atom. The van der Waals surface area contributed by atoms with Gasteiger partial charge in [0.25, 0.3) is 0 Å². The Kier molecular flexibility index (Phi) is 11.9. The van der Waals surface area contributed by atoms with E-state index in [1.165, 1.54) is 0 Å². The number of aliphatic imine (C=N–C) groups is 1. The summed E-state index contributed by atoms with van der Waals surface area (Å²) >= 11 is 0. The number of hydrogen-bond acceptors (Lipinski definition) is 4. The molecule has 0 fully saturated rings. The molecule has 0 spiro atoms. The van der Waals surface area contributed by atoms with Crippen LogP contribution in [-0.4, -0.2) is 49.0 Å². The molecule has 1 amide bonds. The fourth-order valence-corrected chi connectivity index (χ4v) is 2.98. The van der Waals surface area contributed by atoms with Gasteiger partial charge in [0.05, 0.1) is 0 Å². The van der Waals surface area contributed by atoms with Gasteiger partial charge >= 0.3 is 6.09 Å². The van der Waals surface area contributed by atoms with Gasteiger partial charge in [0, 0.05) is 31.9 Å². The number of aliphatic hydroxyl groups excluding tert-OH is 1. The smallest absolute Gasteiger partial charge is 0.412 e. The molecule has 30 heavy (non-hydrogen) atoms. The normalized spacial score (nSPS) is 12.9. The van der Waals surface area contributed by atoms with Crippen LogP contribution < -0.4 is 16.0 Å². The molecule has 0 aliphatic carbocycles. The summed E-state index contributed by atoms with van der Waals surface area (Å²) in [5.74, 6) is 1.22. The van der Waals surface area contributed by atoms with E-state index in [1.807, 2.05) is 52.0 Å². The van der Waals surface area contributed by atoms with Crippen molar-refractivity contribution in [3.05, 3.63) is 29.8 Å². The lowest BCUT2D eigenvalue weighted by Crippen LogP contribution is -2.38. The zero-order valence-corrected chi connectivity index (χ0v) is 19.3. The maximum Gasteiger partial charge on any atom is 0.412 e. The molecule has 0 saturated carbocycles. The van der Waals surface area contributed by atoms with Gasteiger partial charge in [0.1, 0.15) is 5.60 Å². The molecule has 1 rings (SSSR count). The van der Waals surface area contributed by atoms with E-state index < -0.39 is 11.7 Å². The fraction of sp³-hybridized carbons (Fsp3) is 0.652. The van der Waals surface area contributed by atoms with Gasteiger partial charge < -0.3 is 20.5 Å². The van der Waals surface area contributed by atoms with Gasteiger partial charge in [-0.05, 0) is 70.6 Å². The Bertz CT molecular complexity index is 633. The largest absolute Gasteiger partial charge is 0.444 e. The maximum absolute atomic E-state index is 11.8. The molecule has 0 radical (unpaired) electrons. The van der Waals surface area contributed by atoms with E-state index in [0.29, 0.717) is 11.6 Å². The van der Waals surface area contributed by atoms with Crippen molar-refractivity contribution in [2.24, 2.45) is 10.9 Å². The minimum absolute atomic E-state index is 0.211. The molecule has 0 aliphatic heterocycles. The van der Waals surface area contributed by atoms with Crippen LogP contribution in [0.1, 0.15) is 59.4 Å². The van der Waals surface area contributed by atoms with Crippen molar-refractivity contribution >= 4 is 17.7 Å². The molecule has 170 valence electrons. The highest BCUT2D eigenvalue weighted by Crippen LogP contribution is 2.13. The number of aliphatic hydroxyl groups is 1. The van der Waals surface area contributed by atoms with E-state index in [4.69, 9.17) is 4.74 Å². The molecule has 7 nitrogen and oxygen atoms in total. The Morgan fingerprint density at radius 3 is 2.40 bits per heavy atom. The molecule has 0 saturated heterocycles. The summed E-state index contributed by atoms with van der Waals surface area (Å²) < 4.78 is 5.26. The van der Waals surface area contributed by atoms with E-state index in [0.717, 1.165) is 56.8 Å². The number of ether oxygens (including phenoxy) is 1. The number of nitrogens with zero attached hydrogens (tertiary/aromatic N) is 1. The van der Waals surface area contributed by atoms with Crippen LogP contribution in [0.25, 0.3) is 0 Å². The topological polar surface area (TPSA) is 95.0 Å². The van der Waals surface area contributed by atoms with Gasteiger partial charge in [0.2, 0.25) is 0 Å². The summed E-state index contributed by atoms with van der Waals surface area (Å²) in [6, 6.07) is 7.75. The van der Waals surface area contributed by atoms with E-state index in [2.05, 4.69) is 27.9 Å². The Labute approximate surface area is 181 Å². The first-order valence-electron chi connectivity index (χ1n) is 11.0. The zero-order chi connectivity index (χ0) is 22.4. The van der Waals surface area contributed by atoms with Crippen molar-refractivity contribution in [2.75, 3.05) is 31.6 Å². The molecule has 0 aromatic heterocycles. The number of amides is 1. The molecule has 7 heteroatoms. The minimum atomic E-state index is -0.518. The highest BCUT2D eigenvalue weighted by molar-refractivity contribution is 5.84. The van der Waals surface area contributed by atoms with Crippen molar-refractivity contribution in [2.45, 2.75) is 65.9 Å². The van der Waals surface area contributed by atoms with Gasteiger partial charge in [-0.15, -0.1) is 0 Å². The molecular weight excluding hydrogens is 380 g/mol. The summed E-state index contributed by atoms with van der Waals surface area (Å²) in [5, 5.41) is 18.6. The molecule has 1 atom stereocenters. The molecule has 4 N–H and O–H groups in total. The number of anilines is 1. The van der Waals surface area contributed by atoms with Crippen molar-refractivity contribution in [1.82, 2.24) is 10.6 Å². The SMILES string of the molecule is CCCC(CCO)CN=C(NCC)NCCc1ccc(NC(=O)OC(C)(C)C)cc1. The van der Waals surface area contributed by atoms with Gasteiger partial charge in [-0.2, -0.15) is 0 Å². The lowest BCUT2D eigenvalue weighted by Gasteiger charge is -2.19. The number of benzene rings is 1. The number of hydrogen-bond donors (Lipinski definition) is 4. The predicted octanol–water partition coefficient (Wildman–Crippen LogP) is 3.93. The summed E-state index contributed by atoms with van der Waals surface area (Å²) in [6.07, 6.45) is 3.36. The monoisotopic (exact) mass is 420 g/mol. The summed E-state index contributed by atoms with van der Waals surface area (Å²) in [7, 11) is 0. The van der Waals surface area contributed by atoms with Gasteiger partial charge in [-0.25, -0.2) is 4.79 Å². The number of nitrogens with one attached hydrogen (secondary N) is 3. The van der Waals surface area contributed by atoms with E-state index in [1.54, 1.807) is 0 Å². The lowest BCUT2D eigenvalue weighted by atomic mass is 10.0. The van der Waals surface area contributed by atoms with Crippen molar-refractivity contribution in [1.29, 1.82) is 0 Å². The molecule has 1 unspecified atom stereocenters. The summed E-state index contributed by atoms with van der Waals surface area (Å²) in [6.45, 7) is 12.2. The van der Waals surface area contributed by atoms with Crippen LogP contribution in [0, 0.1) is 5.92 Å². The molecule has 1 aromatic carbocycles. The standard InChI is InChI=1S/C23H40N4O3/c1-6-8-19(14-16-28)17-26-21(24-7-2)25-15-13-18-9-11-20(12-10-18)27-22(29)30-23(3,4)5/h9-12,19,28H,6-8,13-17H2,1-5H3,(H,27,29)(H2,24,25,26). The zero-order valence-electron chi connectivity index (χ0n) is 19.3. The molecule has 0 aliphatic rings. The van der Waals surface area contributed by atoms with Crippen molar-refractivity contribution in [3.8, 4) is 0 Å². The van der Waals surface area contributed by atoms with Crippen LogP contribution in [0.2, 0.25) is 0 Å². The number of carbonyl (C=O) groups excluding carboxylic acids is 1. The van der Waals surface area contributed by atoms with Crippen molar-refractivity contribution in [3.63, 3.8) is 0 Å². The van der Waals surface area contributed by atoms with Gasteiger partial charge in [0.15, 0.2) is 5.96 Å². The second-order valence-corrected chi connectivity index (χ2v) is 8.39. The van der Waals surface area contributed by atoms with Crippen LogP contribution in [0.3, 0.4) is 0 Å². The Hall–Kier alpha value is -2.28. The average Bonchev–Trinajstić information content (AvgIpc) is 2.66. The van der Waals surface area contributed by atoms with Gasteiger partial charge in [-0.3, -0.25) is 10.3 Å². The lowest BCUT2D eigenvalue weighted by molar-refractivity contribution is 0.0636. The number of rotatable bonds is 11. The third-order valence-electron chi connectivity index (χ3n) is 4.39. The summed E-state index contributed by atoms with van der Waals surface area (Å²) in [5.41, 5.74) is 1.36. The van der Waals surface area contributed by atoms with Crippen LogP contribution in [0.4, 0.5) is 10.5 Å². The van der Waals surface area contributed by atoms with Crippen LogP contribution in [0.5, 0.6) is 0 Å². The quantitative estimate of drug-likeness (QED) is 0.321.